The van der Waals surface area contributed by atoms with Crippen molar-refractivity contribution in [3.05, 3.63) is 0 Å². The molecule has 0 spiro atoms. The lowest BCUT2D eigenvalue weighted by Gasteiger charge is -2.44. The maximum atomic E-state index is 10.1. The van der Waals surface area contributed by atoms with Gasteiger partial charge in [-0.1, -0.05) is 34.6 Å². The van der Waals surface area contributed by atoms with Crippen molar-refractivity contribution in [2.24, 2.45) is 35.0 Å². The third-order valence-electron chi connectivity index (χ3n) is 6.22. The summed E-state index contributed by atoms with van der Waals surface area (Å²) in [7, 11) is 0. The highest BCUT2D eigenvalue weighted by Gasteiger charge is 2.46. The van der Waals surface area contributed by atoms with Crippen molar-refractivity contribution >= 4 is 0 Å². The van der Waals surface area contributed by atoms with Crippen LogP contribution in [-0.2, 0) is 0 Å². The highest BCUT2D eigenvalue weighted by atomic mass is 16.3. The van der Waals surface area contributed by atoms with E-state index in [0.29, 0.717) is 17.3 Å². The molecule has 4 unspecified atom stereocenters. The third-order valence-corrected chi connectivity index (χ3v) is 6.22. The Hall–Kier alpha value is -0.0400. The van der Waals surface area contributed by atoms with E-state index < -0.39 is 0 Å². The van der Waals surface area contributed by atoms with Gasteiger partial charge in [-0.3, -0.25) is 0 Å². The maximum absolute atomic E-state index is 10.1. The smallest absolute Gasteiger partial charge is 0.0591 e. The van der Waals surface area contributed by atoms with Crippen molar-refractivity contribution in [1.82, 2.24) is 0 Å². The van der Waals surface area contributed by atoms with Crippen molar-refractivity contribution < 1.29 is 5.11 Å². The lowest BCUT2D eigenvalue weighted by molar-refractivity contribution is -0.0179. The molecular formula is C16H30O. The Kier molecular flexibility index (Phi) is 3.60. The second-order valence-electron chi connectivity index (χ2n) is 7.58. The van der Waals surface area contributed by atoms with Crippen molar-refractivity contribution in [3.8, 4) is 0 Å². The molecule has 0 saturated heterocycles. The van der Waals surface area contributed by atoms with E-state index >= 15 is 0 Å². The molecule has 0 aliphatic heterocycles. The molecule has 2 aliphatic carbocycles. The highest BCUT2D eigenvalue weighted by molar-refractivity contribution is 4.96. The van der Waals surface area contributed by atoms with Crippen molar-refractivity contribution in [2.45, 2.75) is 66.4 Å². The first-order valence-electron chi connectivity index (χ1n) is 7.52. The van der Waals surface area contributed by atoms with Gasteiger partial charge < -0.3 is 5.11 Å². The lowest BCUT2D eigenvalue weighted by Crippen LogP contribution is -2.39. The van der Waals surface area contributed by atoms with Crippen LogP contribution in [0.25, 0.3) is 0 Å². The summed E-state index contributed by atoms with van der Waals surface area (Å²) in [6.07, 6.45) is 5.24. The van der Waals surface area contributed by atoms with Gasteiger partial charge in [-0.05, 0) is 60.7 Å². The van der Waals surface area contributed by atoms with Crippen LogP contribution < -0.4 is 0 Å². The standard InChI is InChI=1S/C16H30O/c1-10-8-13(9-11(2)15(10)17)14-7-6-12(3)16(14,4)5/h10-15,17H,6-9H2,1-5H3. The predicted molar refractivity (Wildman–Crippen MR) is 72.7 cm³/mol. The van der Waals surface area contributed by atoms with Gasteiger partial charge in [0.25, 0.3) is 0 Å². The fraction of sp³-hybridized carbons (Fsp3) is 1.00. The Morgan fingerprint density at radius 1 is 0.941 bits per heavy atom. The van der Waals surface area contributed by atoms with Crippen LogP contribution in [0.5, 0.6) is 0 Å². The maximum Gasteiger partial charge on any atom is 0.0591 e. The van der Waals surface area contributed by atoms with Crippen LogP contribution in [0.3, 0.4) is 0 Å². The van der Waals surface area contributed by atoms with E-state index in [1.54, 1.807) is 0 Å². The summed E-state index contributed by atoms with van der Waals surface area (Å²) < 4.78 is 0. The van der Waals surface area contributed by atoms with Crippen LogP contribution in [0.4, 0.5) is 0 Å². The van der Waals surface area contributed by atoms with E-state index in [-0.39, 0.29) is 6.10 Å². The van der Waals surface area contributed by atoms with Crippen molar-refractivity contribution in [2.75, 3.05) is 0 Å². The molecule has 0 heterocycles. The molecule has 0 amide bonds. The van der Waals surface area contributed by atoms with Crippen LogP contribution in [-0.4, -0.2) is 11.2 Å². The normalized spacial score (nSPS) is 50.5. The zero-order valence-corrected chi connectivity index (χ0v) is 12.2. The predicted octanol–water partition coefficient (Wildman–Crippen LogP) is 4.10. The molecule has 2 saturated carbocycles. The quantitative estimate of drug-likeness (QED) is 0.729. The minimum Gasteiger partial charge on any atom is -0.393 e. The summed E-state index contributed by atoms with van der Waals surface area (Å²) in [6.45, 7) is 11.8. The lowest BCUT2D eigenvalue weighted by atomic mass is 9.63. The van der Waals surface area contributed by atoms with Gasteiger partial charge in [0.2, 0.25) is 0 Å². The summed E-state index contributed by atoms with van der Waals surface area (Å²) in [6, 6.07) is 0. The van der Waals surface area contributed by atoms with Gasteiger partial charge >= 0.3 is 0 Å². The summed E-state index contributed by atoms with van der Waals surface area (Å²) in [4.78, 5) is 0. The van der Waals surface area contributed by atoms with Crippen molar-refractivity contribution in [3.63, 3.8) is 0 Å². The van der Waals surface area contributed by atoms with Gasteiger partial charge in [-0.2, -0.15) is 0 Å². The summed E-state index contributed by atoms with van der Waals surface area (Å²) >= 11 is 0. The number of hydrogen-bond acceptors (Lipinski definition) is 1. The number of hydrogen-bond donors (Lipinski definition) is 1. The Balaban J connectivity index is 2.09. The topological polar surface area (TPSA) is 20.2 Å². The third kappa shape index (κ3) is 2.28. The average molecular weight is 238 g/mol. The molecule has 0 aromatic heterocycles. The monoisotopic (exact) mass is 238 g/mol. The SMILES string of the molecule is CC1CC(C2CCC(C)C2(C)C)CC(C)C1O. The fourth-order valence-corrected chi connectivity index (χ4v) is 4.60. The van der Waals surface area contributed by atoms with E-state index in [4.69, 9.17) is 0 Å². The van der Waals surface area contributed by atoms with Gasteiger partial charge in [0.1, 0.15) is 0 Å². The molecule has 4 atom stereocenters. The first-order valence-corrected chi connectivity index (χ1v) is 7.52. The minimum atomic E-state index is -0.0619. The molecule has 0 radical (unpaired) electrons. The second-order valence-corrected chi connectivity index (χ2v) is 7.58. The first kappa shape index (κ1) is 13.4. The van der Waals surface area contributed by atoms with E-state index in [1.165, 1.54) is 25.7 Å². The fourth-order valence-electron chi connectivity index (χ4n) is 4.60. The first-order chi connectivity index (χ1) is 7.84. The molecular weight excluding hydrogens is 208 g/mol. The minimum absolute atomic E-state index is 0.0619. The van der Waals surface area contributed by atoms with Gasteiger partial charge in [0.15, 0.2) is 0 Å². The molecule has 2 fully saturated rings. The molecule has 100 valence electrons. The van der Waals surface area contributed by atoms with Crippen LogP contribution in [0, 0.1) is 35.0 Å². The van der Waals surface area contributed by atoms with Gasteiger partial charge in [0.05, 0.1) is 6.10 Å². The van der Waals surface area contributed by atoms with E-state index in [1.807, 2.05) is 0 Å². The Bertz CT molecular complexity index is 259. The average Bonchev–Trinajstić information content (AvgIpc) is 2.50. The molecule has 0 aromatic carbocycles. The Morgan fingerprint density at radius 2 is 1.47 bits per heavy atom. The van der Waals surface area contributed by atoms with Crippen LogP contribution in [0.1, 0.15) is 60.3 Å². The van der Waals surface area contributed by atoms with E-state index in [2.05, 4.69) is 34.6 Å². The summed E-state index contributed by atoms with van der Waals surface area (Å²) in [5.74, 6) is 3.59. The zero-order chi connectivity index (χ0) is 12.8. The largest absolute Gasteiger partial charge is 0.393 e. The molecule has 1 N–H and O–H groups in total. The summed E-state index contributed by atoms with van der Waals surface area (Å²) in [5.41, 5.74) is 0.506. The molecule has 0 aromatic rings. The summed E-state index contributed by atoms with van der Waals surface area (Å²) in [5, 5.41) is 10.1. The Labute approximate surface area is 107 Å². The number of aliphatic hydroxyl groups is 1. The molecule has 17 heavy (non-hydrogen) atoms. The molecule has 2 rings (SSSR count). The van der Waals surface area contributed by atoms with Crippen LogP contribution in [0.2, 0.25) is 0 Å². The second kappa shape index (κ2) is 4.57. The molecule has 1 heteroatoms. The Morgan fingerprint density at radius 3 is 1.88 bits per heavy atom. The van der Waals surface area contributed by atoms with Gasteiger partial charge in [-0.15, -0.1) is 0 Å². The van der Waals surface area contributed by atoms with Crippen LogP contribution >= 0.6 is 0 Å². The number of rotatable bonds is 1. The van der Waals surface area contributed by atoms with Gasteiger partial charge in [-0.25, -0.2) is 0 Å². The number of aliphatic hydroxyl groups excluding tert-OH is 1. The van der Waals surface area contributed by atoms with Crippen LogP contribution in [0.15, 0.2) is 0 Å². The molecule has 1 nitrogen and oxygen atoms in total. The highest BCUT2D eigenvalue weighted by Crippen LogP contribution is 2.54. The van der Waals surface area contributed by atoms with Gasteiger partial charge in [0, 0.05) is 0 Å². The van der Waals surface area contributed by atoms with E-state index in [9.17, 15) is 5.11 Å². The zero-order valence-electron chi connectivity index (χ0n) is 12.2. The van der Waals surface area contributed by atoms with E-state index in [0.717, 1.165) is 17.8 Å². The molecule has 2 aliphatic rings. The van der Waals surface area contributed by atoms with Crippen molar-refractivity contribution in [1.29, 1.82) is 0 Å². The molecule has 0 bridgehead atoms.